The quantitative estimate of drug-likeness (QED) is 0.210. The van der Waals surface area contributed by atoms with E-state index in [1.165, 1.54) is 6.08 Å². The van der Waals surface area contributed by atoms with Gasteiger partial charge in [0.1, 0.15) is 12.2 Å². The summed E-state index contributed by atoms with van der Waals surface area (Å²) in [6.07, 6.45) is 2.16. The molecule has 1 heterocycles. The number of carbonyl (C=O) groups excluding carboxylic acids is 3. The van der Waals surface area contributed by atoms with E-state index in [0.717, 1.165) is 33.2 Å². The van der Waals surface area contributed by atoms with Crippen molar-refractivity contribution >= 4 is 63.6 Å². The van der Waals surface area contributed by atoms with Gasteiger partial charge in [-0.2, -0.15) is 0 Å². The minimum Gasteiger partial charge on any atom is -0.486 e. The molecule has 0 aromatic heterocycles. The van der Waals surface area contributed by atoms with E-state index in [1.54, 1.807) is 24.3 Å². The third-order valence-corrected chi connectivity index (χ3v) is 6.79. The van der Waals surface area contributed by atoms with Gasteiger partial charge in [-0.3, -0.25) is 14.9 Å². The standard InChI is InChI=1S/C30H22Cl2N2O4/c1-2-18-8-11-23(12-9-18)34-29(36)24(28(35)33-30(34)37)14-20-15-25(31)27(26(32)16-20)38-17-19-7-10-21-5-3-4-6-22(21)13-19/h3-16H,2,17H2,1H3,(H,33,35,37)/b24-14-. The molecular weight excluding hydrogens is 523 g/mol. The number of benzene rings is 4. The number of hydrogen-bond donors (Lipinski definition) is 1. The first-order valence-electron chi connectivity index (χ1n) is 11.9. The van der Waals surface area contributed by atoms with Crippen LogP contribution in [0.1, 0.15) is 23.6 Å². The van der Waals surface area contributed by atoms with E-state index in [9.17, 15) is 14.4 Å². The monoisotopic (exact) mass is 544 g/mol. The molecule has 1 aliphatic rings. The van der Waals surface area contributed by atoms with Gasteiger partial charge >= 0.3 is 6.03 Å². The highest BCUT2D eigenvalue weighted by molar-refractivity contribution is 6.40. The van der Waals surface area contributed by atoms with E-state index < -0.39 is 17.8 Å². The fourth-order valence-electron chi connectivity index (χ4n) is 4.22. The number of fused-ring (bicyclic) bond motifs is 1. The summed E-state index contributed by atoms with van der Waals surface area (Å²) >= 11 is 12.9. The first-order chi connectivity index (χ1) is 18.3. The Morgan fingerprint density at radius 2 is 1.50 bits per heavy atom. The normalized spacial score (nSPS) is 14.8. The highest BCUT2D eigenvalue weighted by Gasteiger charge is 2.36. The Morgan fingerprint density at radius 1 is 0.842 bits per heavy atom. The molecule has 4 aromatic rings. The zero-order valence-corrected chi connectivity index (χ0v) is 21.8. The molecule has 8 heteroatoms. The molecule has 0 bridgehead atoms. The maximum Gasteiger partial charge on any atom is 0.335 e. The molecule has 0 radical (unpaired) electrons. The van der Waals surface area contributed by atoms with Crippen LogP contribution in [0, 0.1) is 0 Å². The van der Waals surface area contributed by atoms with E-state index >= 15 is 0 Å². The second-order valence-electron chi connectivity index (χ2n) is 8.76. The number of nitrogens with zero attached hydrogens (tertiary/aromatic N) is 1. The Hall–Kier alpha value is -4.13. The van der Waals surface area contributed by atoms with E-state index in [1.807, 2.05) is 61.5 Å². The zero-order valence-electron chi connectivity index (χ0n) is 20.3. The fourth-order valence-corrected chi connectivity index (χ4v) is 4.84. The van der Waals surface area contributed by atoms with Gasteiger partial charge in [0.15, 0.2) is 5.75 Å². The zero-order chi connectivity index (χ0) is 26.8. The lowest BCUT2D eigenvalue weighted by Crippen LogP contribution is -2.54. The van der Waals surface area contributed by atoms with Crippen LogP contribution in [0.2, 0.25) is 10.0 Å². The maximum absolute atomic E-state index is 13.2. The summed E-state index contributed by atoms with van der Waals surface area (Å²) in [6.45, 7) is 2.25. The third-order valence-electron chi connectivity index (χ3n) is 6.23. The average molecular weight is 545 g/mol. The predicted molar refractivity (Wildman–Crippen MR) is 150 cm³/mol. The molecule has 1 saturated heterocycles. The summed E-state index contributed by atoms with van der Waals surface area (Å²) in [6, 6.07) is 23.3. The lowest BCUT2D eigenvalue weighted by atomic mass is 10.1. The predicted octanol–water partition coefficient (Wildman–Crippen LogP) is 6.95. The van der Waals surface area contributed by atoms with Crippen molar-refractivity contribution in [1.29, 1.82) is 0 Å². The second kappa shape index (κ2) is 10.7. The van der Waals surface area contributed by atoms with Crippen LogP contribution in [-0.2, 0) is 22.6 Å². The third kappa shape index (κ3) is 5.14. The van der Waals surface area contributed by atoms with Crippen molar-refractivity contribution in [3.63, 3.8) is 0 Å². The number of nitrogens with one attached hydrogen (secondary N) is 1. The lowest BCUT2D eigenvalue weighted by molar-refractivity contribution is -0.122. The first-order valence-corrected chi connectivity index (χ1v) is 12.7. The number of barbiturate groups is 1. The van der Waals surface area contributed by atoms with E-state index in [2.05, 4.69) is 5.32 Å². The molecule has 1 N–H and O–H groups in total. The summed E-state index contributed by atoms with van der Waals surface area (Å²) in [5, 5.41) is 4.88. The molecule has 1 aliphatic heterocycles. The number of halogens is 2. The van der Waals surface area contributed by atoms with E-state index in [0.29, 0.717) is 11.3 Å². The molecule has 0 aliphatic carbocycles. The molecule has 0 atom stereocenters. The van der Waals surface area contributed by atoms with Crippen LogP contribution in [0.15, 0.2) is 84.4 Å². The molecule has 6 nitrogen and oxygen atoms in total. The van der Waals surface area contributed by atoms with Gasteiger partial charge in [0.25, 0.3) is 11.8 Å². The van der Waals surface area contributed by atoms with Gasteiger partial charge in [0.05, 0.1) is 15.7 Å². The number of ether oxygens (including phenoxy) is 1. The van der Waals surface area contributed by atoms with Crippen molar-refractivity contribution in [2.75, 3.05) is 4.90 Å². The molecule has 0 unspecified atom stereocenters. The lowest BCUT2D eigenvalue weighted by Gasteiger charge is -2.26. The Kier molecular flexibility index (Phi) is 7.18. The smallest absolute Gasteiger partial charge is 0.335 e. The van der Waals surface area contributed by atoms with Gasteiger partial charge in [-0.05, 0) is 70.3 Å². The van der Waals surface area contributed by atoms with Gasteiger partial charge in [-0.15, -0.1) is 0 Å². The summed E-state index contributed by atoms with van der Waals surface area (Å²) < 4.78 is 5.91. The largest absolute Gasteiger partial charge is 0.486 e. The maximum atomic E-state index is 13.2. The van der Waals surface area contributed by atoms with Crippen LogP contribution in [0.5, 0.6) is 5.75 Å². The minimum atomic E-state index is -0.810. The van der Waals surface area contributed by atoms with E-state index in [4.69, 9.17) is 27.9 Å². The van der Waals surface area contributed by atoms with Crippen molar-refractivity contribution in [2.45, 2.75) is 20.0 Å². The van der Waals surface area contributed by atoms with Crippen LogP contribution in [0.4, 0.5) is 10.5 Å². The van der Waals surface area contributed by atoms with Crippen molar-refractivity contribution < 1.29 is 19.1 Å². The first kappa shape index (κ1) is 25.5. The molecule has 4 amide bonds. The molecule has 0 saturated carbocycles. The molecular formula is C30H22Cl2N2O4. The van der Waals surface area contributed by atoms with Gasteiger partial charge in [0.2, 0.25) is 0 Å². The van der Waals surface area contributed by atoms with Crippen LogP contribution < -0.4 is 15.0 Å². The molecule has 1 fully saturated rings. The van der Waals surface area contributed by atoms with Gasteiger partial charge in [-0.25, -0.2) is 9.69 Å². The highest BCUT2D eigenvalue weighted by atomic mass is 35.5. The summed E-state index contributed by atoms with van der Waals surface area (Å²) in [4.78, 5) is 39.1. The Bertz CT molecular complexity index is 1590. The number of amides is 4. The summed E-state index contributed by atoms with van der Waals surface area (Å²) in [7, 11) is 0. The van der Waals surface area contributed by atoms with Crippen LogP contribution >= 0.6 is 23.2 Å². The number of carbonyl (C=O) groups is 3. The average Bonchev–Trinajstić information content (AvgIpc) is 2.91. The summed E-state index contributed by atoms with van der Waals surface area (Å²) in [5.74, 6) is -1.26. The minimum absolute atomic E-state index is 0.219. The molecule has 5 rings (SSSR count). The number of hydrogen-bond acceptors (Lipinski definition) is 4. The molecule has 0 spiro atoms. The number of imide groups is 2. The second-order valence-corrected chi connectivity index (χ2v) is 9.58. The van der Waals surface area contributed by atoms with Crippen molar-refractivity contribution in [2.24, 2.45) is 0 Å². The number of urea groups is 1. The van der Waals surface area contributed by atoms with Crippen LogP contribution in [0.25, 0.3) is 16.8 Å². The van der Waals surface area contributed by atoms with Crippen LogP contribution in [0.3, 0.4) is 0 Å². The number of aryl methyl sites for hydroxylation is 1. The van der Waals surface area contributed by atoms with Gasteiger partial charge in [-0.1, -0.05) is 78.7 Å². The van der Waals surface area contributed by atoms with Crippen molar-refractivity contribution in [1.82, 2.24) is 5.32 Å². The van der Waals surface area contributed by atoms with Gasteiger partial charge < -0.3 is 4.74 Å². The Morgan fingerprint density at radius 3 is 2.18 bits per heavy atom. The van der Waals surface area contributed by atoms with Crippen molar-refractivity contribution in [3.05, 3.63) is 111 Å². The number of rotatable bonds is 6. The van der Waals surface area contributed by atoms with Crippen LogP contribution in [-0.4, -0.2) is 17.8 Å². The fraction of sp³-hybridized carbons (Fsp3) is 0.100. The summed E-state index contributed by atoms with van der Waals surface area (Å²) in [5.41, 5.74) is 2.55. The van der Waals surface area contributed by atoms with Gasteiger partial charge in [0, 0.05) is 0 Å². The topological polar surface area (TPSA) is 75.7 Å². The molecule has 190 valence electrons. The molecule has 4 aromatic carbocycles. The van der Waals surface area contributed by atoms with E-state index in [-0.39, 0.29) is 28.0 Å². The Labute approximate surface area is 229 Å². The highest BCUT2D eigenvalue weighted by Crippen LogP contribution is 2.36. The molecule has 38 heavy (non-hydrogen) atoms. The Balaban J connectivity index is 1.38. The number of anilines is 1. The SMILES string of the molecule is CCc1ccc(N2C(=O)NC(=O)/C(=C/c3cc(Cl)c(OCc4ccc5ccccc5c4)c(Cl)c3)C2=O)cc1. The van der Waals surface area contributed by atoms with Crippen molar-refractivity contribution in [3.8, 4) is 5.75 Å².